The van der Waals surface area contributed by atoms with Crippen molar-refractivity contribution >= 4 is 10.0 Å². The summed E-state index contributed by atoms with van der Waals surface area (Å²) in [6.07, 6.45) is -1.16. The third-order valence-electron chi connectivity index (χ3n) is 4.32. The van der Waals surface area contributed by atoms with Crippen molar-refractivity contribution in [3.63, 3.8) is 0 Å². The average molecular weight is 459 g/mol. The number of aromatic nitrogens is 1. The van der Waals surface area contributed by atoms with E-state index in [2.05, 4.69) is 15.2 Å². The van der Waals surface area contributed by atoms with Crippen LogP contribution < -0.4 is 15.0 Å². The summed E-state index contributed by atoms with van der Waals surface area (Å²) in [5.74, 6) is 0.0104. The molecule has 2 aromatic rings. The van der Waals surface area contributed by atoms with Crippen molar-refractivity contribution in [3.05, 3.63) is 59.9 Å². The van der Waals surface area contributed by atoms with Gasteiger partial charge in [0, 0.05) is 37.5 Å². The summed E-state index contributed by atoms with van der Waals surface area (Å²) in [4.78, 5) is 9.37. The van der Waals surface area contributed by atoms with Gasteiger partial charge in [0.1, 0.15) is 12.4 Å². The number of rotatable bonds is 8. The Morgan fingerprint density at radius 2 is 1.90 bits per heavy atom. The number of ether oxygens (including phenoxy) is 2. The molecule has 168 valence electrons. The van der Waals surface area contributed by atoms with E-state index in [1.807, 2.05) is 6.07 Å². The van der Waals surface area contributed by atoms with E-state index in [1.54, 1.807) is 18.3 Å². The van der Waals surface area contributed by atoms with E-state index in [9.17, 15) is 21.6 Å². The van der Waals surface area contributed by atoms with Gasteiger partial charge >= 0.3 is 6.36 Å². The van der Waals surface area contributed by atoms with Gasteiger partial charge in [-0.3, -0.25) is 10.3 Å². The maximum Gasteiger partial charge on any atom is 0.573 e. The van der Waals surface area contributed by atoms with Crippen LogP contribution in [0.25, 0.3) is 0 Å². The molecule has 12 heteroatoms. The molecule has 0 amide bonds. The summed E-state index contributed by atoms with van der Waals surface area (Å²) in [5, 5.41) is 0. The summed E-state index contributed by atoms with van der Waals surface area (Å²) in [6.45, 7) is 0.539. The van der Waals surface area contributed by atoms with Gasteiger partial charge in [0.15, 0.2) is 0 Å². The molecule has 1 aliphatic rings. The third-order valence-corrected chi connectivity index (χ3v) is 6.20. The predicted molar refractivity (Wildman–Crippen MR) is 103 cm³/mol. The third kappa shape index (κ3) is 6.32. The van der Waals surface area contributed by atoms with Crippen LogP contribution in [0.2, 0.25) is 0 Å². The number of hydrogen-bond donors (Lipinski definition) is 1. The summed E-state index contributed by atoms with van der Waals surface area (Å²) in [6, 6.07) is 7.62. The van der Waals surface area contributed by atoms with E-state index in [1.165, 1.54) is 11.4 Å². The molecule has 0 spiro atoms. The maximum atomic E-state index is 12.7. The van der Waals surface area contributed by atoms with Gasteiger partial charge in [-0.25, -0.2) is 13.4 Å². The molecule has 0 atom stereocenters. The number of methoxy groups -OCH3 is 1. The molecule has 1 aliphatic heterocycles. The SMILES string of the molecule is COc1ccc(CONC2=CCN(S(=O)(=O)c3ccc(OC(F)(F)F)cc3)CC2)cn1. The normalized spacial score (nSPS) is 15.3. The Kier molecular flexibility index (Phi) is 7.03. The van der Waals surface area contributed by atoms with Gasteiger partial charge in [0.05, 0.1) is 12.0 Å². The van der Waals surface area contributed by atoms with E-state index in [0.29, 0.717) is 12.3 Å². The summed E-state index contributed by atoms with van der Waals surface area (Å²) in [5.41, 5.74) is 4.35. The number of nitrogens with zero attached hydrogens (tertiary/aromatic N) is 2. The molecule has 2 heterocycles. The Hall–Kier alpha value is -2.83. The van der Waals surface area contributed by atoms with Crippen LogP contribution in [0, 0.1) is 0 Å². The maximum absolute atomic E-state index is 12.7. The average Bonchev–Trinajstić information content (AvgIpc) is 2.74. The van der Waals surface area contributed by atoms with Crippen LogP contribution in [0.3, 0.4) is 0 Å². The molecule has 0 bridgehead atoms. The van der Waals surface area contributed by atoms with E-state index in [4.69, 9.17) is 9.57 Å². The van der Waals surface area contributed by atoms with Crippen LogP contribution in [-0.4, -0.2) is 44.3 Å². The molecule has 1 N–H and O–H groups in total. The zero-order valence-electron chi connectivity index (χ0n) is 16.4. The Bertz CT molecular complexity index is 1010. The van der Waals surface area contributed by atoms with Crippen LogP contribution in [0.5, 0.6) is 11.6 Å². The zero-order chi connectivity index (χ0) is 22.5. The Balaban J connectivity index is 1.53. The highest BCUT2D eigenvalue weighted by Gasteiger charge is 2.31. The minimum Gasteiger partial charge on any atom is -0.481 e. The molecule has 0 aliphatic carbocycles. The molecule has 0 unspecified atom stereocenters. The van der Waals surface area contributed by atoms with Crippen LogP contribution >= 0.6 is 0 Å². The number of alkyl halides is 3. The number of halogens is 3. The summed E-state index contributed by atoms with van der Waals surface area (Å²) >= 11 is 0. The molecule has 8 nitrogen and oxygen atoms in total. The van der Waals surface area contributed by atoms with Gasteiger partial charge in [-0.2, -0.15) is 4.31 Å². The molecule has 0 saturated carbocycles. The van der Waals surface area contributed by atoms with Crippen molar-refractivity contribution in [1.82, 2.24) is 14.8 Å². The second kappa shape index (κ2) is 9.54. The van der Waals surface area contributed by atoms with Crippen LogP contribution in [-0.2, 0) is 21.5 Å². The molecular formula is C19H20F3N3O5S. The molecule has 1 aromatic carbocycles. The van der Waals surface area contributed by atoms with Crippen LogP contribution in [0.15, 0.2) is 59.3 Å². The first-order valence-electron chi connectivity index (χ1n) is 9.09. The number of hydroxylamine groups is 1. The zero-order valence-corrected chi connectivity index (χ0v) is 17.2. The van der Waals surface area contributed by atoms with Gasteiger partial charge in [0.25, 0.3) is 0 Å². The Labute approximate surface area is 177 Å². The Morgan fingerprint density at radius 1 is 1.16 bits per heavy atom. The van der Waals surface area contributed by atoms with Gasteiger partial charge in [-0.1, -0.05) is 0 Å². The second-order valence-electron chi connectivity index (χ2n) is 6.46. The highest BCUT2D eigenvalue weighted by molar-refractivity contribution is 7.89. The van der Waals surface area contributed by atoms with Gasteiger partial charge in [-0.05, 0) is 42.0 Å². The minimum atomic E-state index is -4.84. The number of hydrogen-bond acceptors (Lipinski definition) is 7. The predicted octanol–water partition coefficient (Wildman–Crippen LogP) is 2.99. The van der Waals surface area contributed by atoms with Crippen molar-refractivity contribution in [3.8, 4) is 11.6 Å². The second-order valence-corrected chi connectivity index (χ2v) is 8.40. The van der Waals surface area contributed by atoms with E-state index >= 15 is 0 Å². The molecule has 3 rings (SSSR count). The molecule has 0 saturated heterocycles. The van der Waals surface area contributed by atoms with Crippen LogP contribution in [0.1, 0.15) is 12.0 Å². The first-order valence-corrected chi connectivity index (χ1v) is 10.5. The van der Waals surface area contributed by atoms with Crippen molar-refractivity contribution in [2.75, 3.05) is 20.2 Å². The molecule has 31 heavy (non-hydrogen) atoms. The minimum absolute atomic E-state index is 0.0962. The van der Waals surface area contributed by atoms with Crippen LogP contribution in [0.4, 0.5) is 13.2 Å². The molecular weight excluding hydrogens is 439 g/mol. The lowest BCUT2D eigenvalue weighted by Crippen LogP contribution is -2.36. The molecule has 0 fully saturated rings. The van der Waals surface area contributed by atoms with Gasteiger partial charge < -0.3 is 9.47 Å². The standard InChI is InChI=1S/C19H20F3N3O5S/c1-28-18-7-2-14(12-23-18)13-29-24-15-8-10-25(11-9-15)31(26,27)17-5-3-16(4-6-17)30-19(20,21)22/h2-8,12,24H,9-11,13H2,1H3. The largest absolute Gasteiger partial charge is 0.573 e. The first-order chi connectivity index (χ1) is 14.7. The fourth-order valence-electron chi connectivity index (χ4n) is 2.75. The smallest absolute Gasteiger partial charge is 0.481 e. The van der Waals surface area contributed by atoms with Gasteiger partial charge in [0.2, 0.25) is 15.9 Å². The highest BCUT2D eigenvalue weighted by Crippen LogP contribution is 2.26. The van der Waals surface area contributed by atoms with Crippen molar-refractivity contribution < 1.29 is 35.9 Å². The molecule has 1 aromatic heterocycles. The quantitative estimate of drug-likeness (QED) is 0.607. The van der Waals surface area contributed by atoms with E-state index < -0.39 is 22.1 Å². The van der Waals surface area contributed by atoms with Crippen molar-refractivity contribution in [1.29, 1.82) is 0 Å². The fraction of sp³-hybridized carbons (Fsp3) is 0.316. The molecule has 0 radical (unpaired) electrons. The number of nitrogens with one attached hydrogen (secondary N) is 1. The van der Waals surface area contributed by atoms with Crippen molar-refractivity contribution in [2.45, 2.75) is 24.3 Å². The lowest BCUT2D eigenvalue weighted by molar-refractivity contribution is -0.274. The van der Waals surface area contributed by atoms with Crippen molar-refractivity contribution in [2.24, 2.45) is 0 Å². The number of benzene rings is 1. The first kappa shape index (κ1) is 22.8. The number of pyridine rings is 1. The Morgan fingerprint density at radius 3 is 2.45 bits per heavy atom. The lowest BCUT2D eigenvalue weighted by Gasteiger charge is -2.26. The topological polar surface area (TPSA) is 90.0 Å². The van der Waals surface area contributed by atoms with Gasteiger partial charge in [-0.15, -0.1) is 13.2 Å². The number of sulfonamides is 1. The fourth-order valence-corrected chi connectivity index (χ4v) is 4.13. The summed E-state index contributed by atoms with van der Waals surface area (Å²) in [7, 11) is -2.33. The van der Waals surface area contributed by atoms with E-state index in [-0.39, 0.29) is 24.6 Å². The van der Waals surface area contributed by atoms with E-state index in [0.717, 1.165) is 35.5 Å². The summed E-state index contributed by atoms with van der Waals surface area (Å²) < 4.78 is 72.1. The highest BCUT2D eigenvalue weighted by atomic mass is 32.2. The lowest BCUT2D eigenvalue weighted by atomic mass is 10.2. The monoisotopic (exact) mass is 459 g/mol.